The van der Waals surface area contributed by atoms with Crippen molar-refractivity contribution >= 4 is 11.9 Å². The lowest BCUT2D eigenvalue weighted by atomic mass is 10.1. The Morgan fingerprint density at radius 3 is 2.00 bits per heavy atom. The molecule has 6 heteroatoms. The Balaban J connectivity index is 3.81. The summed E-state index contributed by atoms with van der Waals surface area (Å²) >= 11 is 0. The van der Waals surface area contributed by atoms with Crippen LogP contribution in [0.2, 0.25) is 0 Å². The van der Waals surface area contributed by atoms with Crippen molar-refractivity contribution in [3.8, 4) is 0 Å². The number of esters is 1. The zero-order chi connectivity index (χ0) is 23.5. The molecule has 31 heavy (non-hydrogen) atoms. The monoisotopic (exact) mass is 441 g/mol. The quantitative estimate of drug-likeness (QED) is 0.101. The van der Waals surface area contributed by atoms with Gasteiger partial charge >= 0.3 is 5.97 Å². The van der Waals surface area contributed by atoms with Crippen LogP contribution >= 0.6 is 0 Å². The molecule has 1 unspecified atom stereocenters. The fraction of sp³-hybridized carbons (Fsp3) is 0.840. The lowest BCUT2D eigenvalue weighted by Crippen LogP contribution is -2.48. The summed E-state index contributed by atoms with van der Waals surface area (Å²) in [6.45, 7) is 2.23. The number of carboxylic acid groups (broad SMARTS) is 1. The maximum atomic E-state index is 12.1. The maximum Gasteiger partial charge on any atom is 0.312 e. The third kappa shape index (κ3) is 19.0. The second kappa shape index (κ2) is 18.2. The third-order valence-electron chi connectivity index (χ3n) is 5.43. The van der Waals surface area contributed by atoms with Gasteiger partial charge in [0.15, 0.2) is 0 Å². The lowest BCUT2D eigenvalue weighted by Gasteiger charge is -2.33. The van der Waals surface area contributed by atoms with E-state index in [1.807, 2.05) is 21.1 Å². The van der Waals surface area contributed by atoms with Crippen molar-refractivity contribution in [1.29, 1.82) is 0 Å². The van der Waals surface area contributed by atoms with E-state index in [4.69, 9.17) is 4.74 Å². The second-order valence-corrected chi connectivity index (χ2v) is 9.50. The normalized spacial score (nSPS) is 14.0. The lowest BCUT2D eigenvalue weighted by molar-refractivity contribution is -0.917. The van der Waals surface area contributed by atoms with Gasteiger partial charge in [0.05, 0.1) is 33.7 Å². The maximum absolute atomic E-state index is 12.1. The van der Waals surface area contributed by atoms with Gasteiger partial charge in [-0.05, 0) is 38.5 Å². The molecule has 6 nitrogen and oxygen atoms in total. The number of aliphatic hydroxyl groups is 1. The molecule has 0 aromatic rings. The molecule has 0 bridgehead atoms. The van der Waals surface area contributed by atoms with Crippen LogP contribution in [0.25, 0.3) is 0 Å². The Kier molecular flexibility index (Phi) is 17.4. The molecule has 1 N–H and O–H groups in total. The summed E-state index contributed by atoms with van der Waals surface area (Å²) in [6.07, 6.45) is 17.0. The number of rotatable bonds is 20. The highest BCUT2D eigenvalue weighted by Gasteiger charge is 2.28. The zero-order valence-electron chi connectivity index (χ0n) is 20.4. The van der Waals surface area contributed by atoms with E-state index < -0.39 is 24.3 Å². The largest absolute Gasteiger partial charge is 0.550 e. The van der Waals surface area contributed by atoms with Gasteiger partial charge in [0.1, 0.15) is 0 Å². The van der Waals surface area contributed by atoms with Crippen molar-refractivity contribution in [2.45, 2.75) is 116 Å². The van der Waals surface area contributed by atoms with E-state index in [0.717, 1.165) is 25.7 Å². The Morgan fingerprint density at radius 2 is 1.45 bits per heavy atom. The number of carbonyl (C=O) groups excluding carboxylic acids is 2. The van der Waals surface area contributed by atoms with Crippen molar-refractivity contribution in [2.24, 2.45) is 0 Å². The molecular formula is C25H47NO5. The van der Waals surface area contributed by atoms with Gasteiger partial charge in [-0.1, -0.05) is 64.0 Å². The van der Waals surface area contributed by atoms with Crippen LogP contribution in [0.5, 0.6) is 0 Å². The summed E-state index contributed by atoms with van der Waals surface area (Å²) in [6, 6.07) is 0. The van der Waals surface area contributed by atoms with Crippen LogP contribution in [-0.2, 0) is 14.3 Å². The van der Waals surface area contributed by atoms with Gasteiger partial charge in [0.25, 0.3) is 0 Å². The topological polar surface area (TPSA) is 86.7 Å². The Bertz CT molecular complexity index is 499. The Labute approximate surface area is 190 Å². The molecule has 0 spiro atoms. The predicted molar refractivity (Wildman–Crippen MR) is 123 cm³/mol. The van der Waals surface area contributed by atoms with Crippen molar-refractivity contribution in [2.75, 3.05) is 21.1 Å². The molecule has 0 aromatic carbocycles. The zero-order valence-corrected chi connectivity index (χ0v) is 20.4. The number of allylic oxidation sites excluding steroid dienone is 2. The smallest absolute Gasteiger partial charge is 0.312 e. The molecule has 0 amide bonds. The van der Waals surface area contributed by atoms with Crippen LogP contribution in [0.1, 0.15) is 103 Å². The molecule has 0 rings (SSSR count). The number of aliphatic hydroxyl groups excluding tert-OH is 1. The standard InChI is InChI=1S/C25H47NO5/c1-5-6-7-8-9-10-11-12-13-14-15-16-17-18-22(27)21-25(30)31-23(26(2,3)4)19-20-24(28)29/h10-11,22-23,27H,5-9,12-21H2,1-4H3/b11-10-/t22?,23-/m0/s1. The average Bonchev–Trinajstić information content (AvgIpc) is 2.67. The van der Waals surface area contributed by atoms with Crippen LogP contribution in [0.15, 0.2) is 12.2 Å². The number of carboxylic acids is 1. The minimum atomic E-state index is -1.16. The number of hydrogen-bond acceptors (Lipinski definition) is 5. The first-order chi connectivity index (χ1) is 14.7. The number of ether oxygens (including phenoxy) is 1. The SMILES string of the molecule is CCCCCC/C=C\CCCCCCCC(O)CC(=O)O[C@@H](CCC(=O)[O-])[N+](C)(C)C. The first kappa shape index (κ1) is 29.6. The number of quaternary nitrogens is 1. The van der Waals surface area contributed by atoms with E-state index in [-0.39, 0.29) is 19.3 Å². The van der Waals surface area contributed by atoms with E-state index in [9.17, 15) is 19.8 Å². The molecule has 0 aliphatic rings. The van der Waals surface area contributed by atoms with Crippen LogP contribution in [0.4, 0.5) is 0 Å². The molecule has 2 atom stereocenters. The van der Waals surface area contributed by atoms with Crippen LogP contribution in [0.3, 0.4) is 0 Å². The molecule has 0 aliphatic carbocycles. The molecule has 0 aliphatic heterocycles. The number of nitrogens with zero attached hydrogens (tertiary/aromatic N) is 1. The highest BCUT2D eigenvalue weighted by Crippen LogP contribution is 2.15. The predicted octanol–water partition coefficient (Wildman–Crippen LogP) is 4.10. The number of unbranched alkanes of at least 4 members (excludes halogenated alkanes) is 9. The van der Waals surface area contributed by atoms with Crippen LogP contribution in [0, 0.1) is 0 Å². The molecule has 182 valence electrons. The summed E-state index contributed by atoms with van der Waals surface area (Å²) in [7, 11) is 5.52. The van der Waals surface area contributed by atoms with E-state index >= 15 is 0 Å². The third-order valence-corrected chi connectivity index (χ3v) is 5.43. The van der Waals surface area contributed by atoms with Gasteiger partial charge in [-0.3, -0.25) is 9.28 Å². The molecule has 0 fully saturated rings. The fourth-order valence-corrected chi connectivity index (χ4v) is 3.44. The van der Waals surface area contributed by atoms with E-state index in [1.54, 1.807) is 0 Å². The van der Waals surface area contributed by atoms with Crippen LogP contribution in [-0.4, -0.2) is 55.0 Å². The summed E-state index contributed by atoms with van der Waals surface area (Å²) in [5.74, 6) is -1.64. The number of hydrogen-bond donors (Lipinski definition) is 1. The fourth-order valence-electron chi connectivity index (χ4n) is 3.44. The highest BCUT2D eigenvalue weighted by molar-refractivity contribution is 5.70. The second-order valence-electron chi connectivity index (χ2n) is 9.50. The average molecular weight is 442 g/mol. The molecule has 0 saturated carbocycles. The van der Waals surface area contributed by atoms with Gasteiger partial charge < -0.3 is 19.7 Å². The number of carbonyl (C=O) groups is 2. The van der Waals surface area contributed by atoms with Gasteiger partial charge in [-0.15, -0.1) is 0 Å². The Hall–Kier alpha value is -1.40. The van der Waals surface area contributed by atoms with Gasteiger partial charge in [0.2, 0.25) is 6.23 Å². The summed E-state index contributed by atoms with van der Waals surface area (Å²) in [5, 5.41) is 20.8. The first-order valence-electron chi connectivity index (χ1n) is 12.2. The first-order valence-corrected chi connectivity index (χ1v) is 12.2. The molecule has 0 heterocycles. The summed E-state index contributed by atoms with van der Waals surface area (Å²) in [5.41, 5.74) is 0. The van der Waals surface area contributed by atoms with Crippen molar-refractivity contribution in [1.82, 2.24) is 0 Å². The molecule has 0 saturated heterocycles. The van der Waals surface area contributed by atoms with E-state index in [2.05, 4.69) is 19.1 Å². The van der Waals surface area contributed by atoms with Crippen LogP contribution < -0.4 is 5.11 Å². The summed E-state index contributed by atoms with van der Waals surface area (Å²) < 4.78 is 5.74. The van der Waals surface area contributed by atoms with Crippen molar-refractivity contribution in [3.05, 3.63) is 12.2 Å². The van der Waals surface area contributed by atoms with Gasteiger partial charge in [-0.2, -0.15) is 0 Å². The Morgan fingerprint density at radius 1 is 0.903 bits per heavy atom. The highest BCUT2D eigenvalue weighted by atomic mass is 16.6. The van der Waals surface area contributed by atoms with Gasteiger partial charge in [-0.25, -0.2) is 0 Å². The summed E-state index contributed by atoms with van der Waals surface area (Å²) in [4.78, 5) is 22.8. The molecule has 0 aromatic heterocycles. The van der Waals surface area contributed by atoms with Crippen molar-refractivity contribution < 1.29 is 29.0 Å². The molecule has 0 radical (unpaired) electrons. The number of aliphatic carboxylic acids is 1. The van der Waals surface area contributed by atoms with E-state index in [0.29, 0.717) is 10.9 Å². The molecular weight excluding hydrogens is 394 g/mol. The van der Waals surface area contributed by atoms with E-state index in [1.165, 1.54) is 44.9 Å². The minimum absolute atomic E-state index is 0.0507. The van der Waals surface area contributed by atoms with Gasteiger partial charge in [0, 0.05) is 12.4 Å². The minimum Gasteiger partial charge on any atom is -0.550 e. The van der Waals surface area contributed by atoms with Crippen molar-refractivity contribution in [3.63, 3.8) is 0 Å².